The summed E-state index contributed by atoms with van der Waals surface area (Å²) in [4.78, 5) is 71.0. The number of hydrogen-bond donors (Lipinski definition) is 4. The zero-order valence-electron chi connectivity index (χ0n) is 32.0. The maximum absolute atomic E-state index is 13.6. The summed E-state index contributed by atoms with van der Waals surface area (Å²) in [6, 6.07) is 10.2. The van der Waals surface area contributed by atoms with E-state index in [0.717, 1.165) is 70.1 Å². The van der Waals surface area contributed by atoms with E-state index in [1.165, 1.54) is 14.2 Å². The lowest BCUT2D eigenvalue weighted by Crippen LogP contribution is -2.51. The second-order valence-electron chi connectivity index (χ2n) is 15.0. The Morgan fingerprint density at radius 3 is 1.69 bits per heavy atom. The number of aromatic nitrogens is 4. The van der Waals surface area contributed by atoms with Crippen molar-refractivity contribution in [2.75, 3.05) is 27.3 Å². The van der Waals surface area contributed by atoms with E-state index in [0.29, 0.717) is 24.7 Å². The molecule has 4 N–H and O–H groups in total. The van der Waals surface area contributed by atoms with E-state index < -0.39 is 24.3 Å². The number of rotatable bonds is 10. The van der Waals surface area contributed by atoms with Crippen LogP contribution in [0.15, 0.2) is 53.2 Å². The van der Waals surface area contributed by atoms with Gasteiger partial charge in [0.1, 0.15) is 34.9 Å². The minimum Gasteiger partial charge on any atom is -0.456 e. The summed E-state index contributed by atoms with van der Waals surface area (Å²) >= 11 is 0. The monoisotopic (exact) mass is 752 g/mol. The number of aromatic amines is 2. The van der Waals surface area contributed by atoms with E-state index in [2.05, 4.69) is 31.7 Å². The SMILES string of the molecule is COC(=O)N[C@H](C(=O)N1CCC[C@H]1c1ncc(-c2ccc3c(c2)oc2ccc(-c4cnc([C@@H]5CCCN5C(=O)[C@@H](NC(=O)OC)C(C)C)[nH]4)cc23)[nH]1)C(C)C. The molecule has 5 heterocycles. The molecule has 15 heteroatoms. The maximum Gasteiger partial charge on any atom is 0.407 e. The van der Waals surface area contributed by atoms with Crippen molar-refractivity contribution in [1.29, 1.82) is 0 Å². The average Bonchev–Trinajstić information content (AvgIpc) is 4.02. The molecule has 7 rings (SSSR count). The molecule has 0 bridgehead atoms. The van der Waals surface area contributed by atoms with E-state index in [4.69, 9.17) is 18.9 Å². The van der Waals surface area contributed by atoms with Crippen LogP contribution in [0.5, 0.6) is 0 Å². The summed E-state index contributed by atoms with van der Waals surface area (Å²) in [5, 5.41) is 7.29. The van der Waals surface area contributed by atoms with Crippen molar-refractivity contribution in [2.45, 2.75) is 77.5 Å². The fourth-order valence-electron chi connectivity index (χ4n) is 7.80. The number of carbonyl (C=O) groups excluding carboxylic acids is 4. The van der Waals surface area contributed by atoms with Gasteiger partial charge in [-0.2, -0.15) is 0 Å². The Kier molecular flexibility index (Phi) is 10.5. The lowest BCUT2D eigenvalue weighted by atomic mass is 10.0. The highest BCUT2D eigenvalue weighted by atomic mass is 16.5. The number of carbonyl (C=O) groups is 4. The lowest BCUT2D eigenvalue weighted by molar-refractivity contribution is -0.136. The molecule has 4 amide bonds. The van der Waals surface area contributed by atoms with Gasteiger partial charge in [-0.25, -0.2) is 19.6 Å². The van der Waals surface area contributed by atoms with Gasteiger partial charge >= 0.3 is 12.2 Å². The fraction of sp³-hybridized carbons (Fsp3) is 0.450. The number of likely N-dealkylation sites (tertiary alicyclic amines) is 2. The van der Waals surface area contributed by atoms with Crippen LogP contribution >= 0.6 is 0 Å². The zero-order valence-corrected chi connectivity index (χ0v) is 32.0. The number of ether oxygens (including phenoxy) is 2. The molecule has 3 aromatic heterocycles. The number of amides is 4. The highest BCUT2D eigenvalue weighted by molar-refractivity contribution is 6.07. The Morgan fingerprint density at radius 2 is 1.20 bits per heavy atom. The van der Waals surface area contributed by atoms with Gasteiger partial charge in [0, 0.05) is 35.0 Å². The molecule has 2 aromatic carbocycles. The molecule has 5 aromatic rings. The third-order valence-corrected chi connectivity index (χ3v) is 10.8. The first kappa shape index (κ1) is 37.5. The van der Waals surface area contributed by atoms with Gasteiger partial charge in [0.15, 0.2) is 0 Å². The predicted octanol–water partition coefficient (Wildman–Crippen LogP) is 6.45. The van der Waals surface area contributed by atoms with E-state index in [9.17, 15) is 19.2 Å². The molecule has 0 saturated carbocycles. The van der Waals surface area contributed by atoms with Crippen molar-refractivity contribution in [1.82, 2.24) is 40.4 Å². The first-order valence-electron chi connectivity index (χ1n) is 18.8. The van der Waals surface area contributed by atoms with Crippen LogP contribution in [0, 0.1) is 11.8 Å². The molecule has 2 aliphatic rings. The molecule has 0 aliphatic carbocycles. The molecular formula is C40H48N8O7. The minimum absolute atomic E-state index is 0.119. The molecule has 15 nitrogen and oxygen atoms in total. The molecule has 0 unspecified atom stereocenters. The number of methoxy groups -OCH3 is 2. The summed E-state index contributed by atoms with van der Waals surface area (Å²) in [6.45, 7) is 8.73. The number of fused-ring (bicyclic) bond motifs is 3. The van der Waals surface area contributed by atoms with Crippen molar-refractivity contribution >= 4 is 45.9 Å². The number of H-pyrrole nitrogens is 2. The molecule has 0 spiro atoms. The van der Waals surface area contributed by atoms with Gasteiger partial charge < -0.3 is 44.3 Å². The van der Waals surface area contributed by atoms with Crippen molar-refractivity contribution in [3.8, 4) is 22.5 Å². The van der Waals surface area contributed by atoms with Crippen LogP contribution in [0.4, 0.5) is 9.59 Å². The van der Waals surface area contributed by atoms with Crippen LogP contribution in [0.25, 0.3) is 44.5 Å². The average molecular weight is 753 g/mol. The summed E-state index contributed by atoms with van der Waals surface area (Å²) in [5.74, 6) is 0.841. The second-order valence-corrected chi connectivity index (χ2v) is 15.0. The van der Waals surface area contributed by atoms with Crippen LogP contribution in [-0.2, 0) is 19.1 Å². The minimum atomic E-state index is -0.706. The fourth-order valence-corrected chi connectivity index (χ4v) is 7.80. The Morgan fingerprint density at radius 1 is 0.709 bits per heavy atom. The Bertz CT molecular complexity index is 2220. The van der Waals surface area contributed by atoms with Gasteiger partial charge in [0.05, 0.1) is 50.1 Å². The first-order chi connectivity index (χ1) is 26.5. The van der Waals surface area contributed by atoms with Gasteiger partial charge in [-0.1, -0.05) is 33.8 Å². The van der Waals surface area contributed by atoms with Gasteiger partial charge in [-0.05, 0) is 67.9 Å². The standard InChI is InChI=1S/C40H48N8O7/c1-21(2)33(45-39(51)53-5)37(49)47-15-7-9-29(47)35-41-19-27(43-35)23-12-14-31-26(17-23)25-13-11-24(18-32(25)55-31)28-20-42-36(44-28)30-10-8-16-48(30)38(50)34(22(3)4)46-40(52)54-6/h11-14,17-22,29-30,33-34H,7-10,15-16H2,1-6H3,(H,41,43)(H,42,44)(H,45,51)(H,46,52)/t29-,30-,33-,34-/m0/s1. The molecule has 55 heavy (non-hydrogen) atoms. The normalized spacial score (nSPS) is 18.3. The van der Waals surface area contributed by atoms with Crippen LogP contribution < -0.4 is 10.6 Å². The summed E-state index contributed by atoms with van der Waals surface area (Å²) in [6.07, 6.45) is 5.48. The molecular weight excluding hydrogens is 704 g/mol. The number of nitrogens with zero attached hydrogens (tertiary/aromatic N) is 4. The number of alkyl carbamates (subject to hydrolysis) is 2. The summed E-state index contributed by atoms with van der Waals surface area (Å²) < 4.78 is 15.8. The Hall–Kier alpha value is -5.86. The summed E-state index contributed by atoms with van der Waals surface area (Å²) in [7, 11) is 2.57. The van der Waals surface area contributed by atoms with Crippen molar-refractivity contribution in [3.63, 3.8) is 0 Å². The highest BCUT2D eigenvalue weighted by Gasteiger charge is 2.39. The number of benzene rings is 2. The largest absolute Gasteiger partial charge is 0.456 e. The molecule has 290 valence electrons. The topological polar surface area (TPSA) is 188 Å². The number of imidazole rings is 2. The molecule has 2 fully saturated rings. The number of furan rings is 1. The molecule has 4 atom stereocenters. The Balaban J connectivity index is 1.09. The quantitative estimate of drug-likeness (QED) is 0.124. The third-order valence-electron chi connectivity index (χ3n) is 10.8. The first-order valence-corrected chi connectivity index (χ1v) is 18.8. The van der Waals surface area contributed by atoms with E-state index in [-0.39, 0.29) is 35.7 Å². The van der Waals surface area contributed by atoms with Gasteiger partial charge in [-0.3, -0.25) is 9.59 Å². The predicted molar refractivity (Wildman–Crippen MR) is 205 cm³/mol. The van der Waals surface area contributed by atoms with Crippen LogP contribution in [0.2, 0.25) is 0 Å². The van der Waals surface area contributed by atoms with E-state index in [1.54, 1.807) is 22.2 Å². The summed E-state index contributed by atoms with van der Waals surface area (Å²) in [5.41, 5.74) is 4.90. The van der Waals surface area contributed by atoms with Crippen LogP contribution in [0.3, 0.4) is 0 Å². The van der Waals surface area contributed by atoms with Crippen LogP contribution in [0.1, 0.15) is 77.1 Å². The van der Waals surface area contributed by atoms with Gasteiger partial charge in [-0.15, -0.1) is 0 Å². The number of hydrogen-bond acceptors (Lipinski definition) is 9. The van der Waals surface area contributed by atoms with Crippen LogP contribution in [-0.4, -0.2) is 93.1 Å². The van der Waals surface area contributed by atoms with Gasteiger partial charge in [0.25, 0.3) is 0 Å². The van der Waals surface area contributed by atoms with E-state index >= 15 is 0 Å². The van der Waals surface area contributed by atoms with Gasteiger partial charge in [0.2, 0.25) is 11.8 Å². The van der Waals surface area contributed by atoms with E-state index in [1.807, 2.05) is 58.0 Å². The second kappa shape index (κ2) is 15.5. The van der Waals surface area contributed by atoms with Crippen molar-refractivity contribution < 1.29 is 33.1 Å². The smallest absolute Gasteiger partial charge is 0.407 e. The highest BCUT2D eigenvalue weighted by Crippen LogP contribution is 2.37. The maximum atomic E-state index is 13.6. The molecule has 0 radical (unpaired) electrons. The van der Waals surface area contributed by atoms with Crippen molar-refractivity contribution in [3.05, 3.63) is 60.4 Å². The third kappa shape index (κ3) is 7.34. The number of nitrogens with one attached hydrogen (secondary N) is 4. The van der Waals surface area contributed by atoms with Crippen molar-refractivity contribution in [2.24, 2.45) is 11.8 Å². The lowest BCUT2D eigenvalue weighted by Gasteiger charge is -2.30. The molecule has 2 saturated heterocycles. The zero-order chi connectivity index (χ0) is 39.0. The Labute approximate surface area is 318 Å². The molecule has 2 aliphatic heterocycles.